The zero-order valence-corrected chi connectivity index (χ0v) is 13.4. The third-order valence-corrected chi connectivity index (χ3v) is 3.99. The third kappa shape index (κ3) is 3.37. The van der Waals surface area contributed by atoms with Crippen molar-refractivity contribution in [3.8, 4) is 11.5 Å². The largest absolute Gasteiger partial charge is 0.397 e. The molecule has 2 rings (SSSR count). The number of anilines is 1. The van der Waals surface area contributed by atoms with Crippen molar-refractivity contribution in [1.82, 2.24) is 15.0 Å². The first-order valence-electron chi connectivity index (χ1n) is 6.75. The van der Waals surface area contributed by atoms with Gasteiger partial charge in [-0.1, -0.05) is 25.1 Å². The second-order valence-electron chi connectivity index (χ2n) is 4.49. The van der Waals surface area contributed by atoms with E-state index in [4.69, 9.17) is 10.3 Å². The fourth-order valence-corrected chi connectivity index (χ4v) is 2.35. The molecule has 0 aliphatic carbocycles. The lowest BCUT2D eigenvalue weighted by Gasteiger charge is -2.16. The van der Waals surface area contributed by atoms with Gasteiger partial charge in [0.2, 0.25) is 0 Å². The number of hydrogen-bond acceptors (Lipinski definition) is 5. The number of likely N-dealkylation sites (N-methyl/N-ethyl adjacent to an activating group) is 1. The van der Waals surface area contributed by atoms with Gasteiger partial charge in [-0.3, -0.25) is 0 Å². The van der Waals surface area contributed by atoms with E-state index in [1.807, 2.05) is 18.2 Å². The summed E-state index contributed by atoms with van der Waals surface area (Å²) in [6, 6.07) is 5.66. The smallest absolute Gasteiger partial charge is 0.260 e. The molecule has 2 N–H and O–H groups in total. The molecule has 1 heterocycles. The maximum absolute atomic E-state index is 6.01. The predicted molar refractivity (Wildman–Crippen MR) is 83.3 cm³/mol. The number of halogens is 1. The summed E-state index contributed by atoms with van der Waals surface area (Å²) < 4.78 is 6.14. The van der Waals surface area contributed by atoms with Crippen LogP contribution in [0.15, 0.2) is 27.2 Å². The Morgan fingerprint density at radius 1 is 1.30 bits per heavy atom. The Labute approximate surface area is 127 Å². The molecule has 0 saturated heterocycles. The van der Waals surface area contributed by atoms with Gasteiger partial charge in [0, 0.05) is 17.4 Å². The van der Waals surface area contributed by atoms with Gasteiger partial charge in [0.05, 0.1) is 11.3 Å². The average molecular weight is 339 g/mol. The van der Waals surface area contributed by atoms with Gasteiger partial charge in [-0.2, -0.15) is 4.98 Å². The zero-order chi connectivity index (χ0) is 14.5. The van der Waals surface area contributed by atoms with Gasteiger partial charge in [-0.25, -0.2) is 0 Å². The molecule has 108 valence electrons. The highest BCUT2D eigenvalue weighted by atomic mass is 79.9. The summed E-state index contributed by atoms with van der Waals surface area (Å²) in [6.45, 7) is 7.28. The zero-order valence-electron chi connectivity index (χ0n) is 11.8. The summed E-state index contributed by atoms with van der Waals surface area (Å²) in [7, 11) is 0. The normalized spacial score (nSPS) is 11.2. The number of para-hydroxylation sites is 1. The lowest BCUT2D eigenvalue weighted by molar-refractivity contribution is 0.303. The summed E-state index contributed by atoms with van der Waals surface area (Å²) in [5, 5.41) is 4.02. The van der Waals surface area contributed by atoms with Crippen LogP contribution in [0, 0.1) is 0 Å². The highest BCUT2D eigenvalue weighted by Gasteiger charge is 2.13. The van der Waals surface area contributed by atoms with Gasteiger partial charge in [0.1, 0.15) is 0 Å². The van der Waals surface area contributed by atoms with Gasteiger partial charge in [-0.05, 0) is 41.2 Å². The van der Waals surface area contributed by atoms with Crippen molar-refractivity contribution >= 4 is 21.6 Å². The van der Waals surface area contributed by atoms with Gasteiger partial charge >= 0.3 is 0 Å². The Morgan fingerprint density at radius 2 is 2.05 bits per heavy atom. The maximum Gasteiger partial charge on any atom is 0.260 e. The summed E-state index contributed by atoms with van der Waals surface area (Å²) in [4.78, 5) is 6.74. The monoisotopic (exact) mass is 338 g/mol. The van der Waals surface area contributed by atoms with Crippen LogP contribution in [0.3, 0.4) is 0 Å². The molecule has 0 spiro atoms. The fraction of sp³-hybridized carbons (Fsp3) is 0.429. The van der Waals surface area contributed by atoms with Gasteiger partial charge in [-0.15, -0.1) is 0 Å². The molecule has 0 atom stereocenters. The van der Waals surface area contributed by atoms with E-state index in [0.29, 0.717) is 17.4 Å². The molecule has 0 bridgehead atoms. The van der Waals surface area contributed by atoms with Crippen LogP contribution in [0.25, 0.3) is 11.5 Å². The van der Waals surface area contributed by atoms with Crippen LogP contribution in [0.5, 0.6) is 0 Å². The maximum atomic E-state index is 6.01. The van der Waals surface area contributed by atoms with E-state index in [0.717, 1.165) is 36.1 Å². The summed E-state index contributed by atoms with van der Waals surface area (Å²) in [5.74, 6) is 1.18. The van der Waals surface area contributed by atoms with Crippen molar-refractivity contribution in [3.63, 3.8) is 0 Å². The lowest BCUT2D eigenvalue weighted by atomic mass is 10.2. The Morgan fingerprint density at radius 3 is 2.75 bits per heavy atom. The minimum Gasteiger partial charge on any atom is -0.397 e. The minimum atomic E-state index is 0.471. The first-order chi connectivity index (χ1) is 9.65. The highest BCUT2D eigenvalue weighted by Crippen LogP contribution is 2.30. The number of benzene rings is 1. The number of aromatic nitrogens is 2. The Bertz CT molecular complexity index is 566. The second-order valence-corrected chi connectivity index (χ2v) is 5.35. The van der Waals surface area contributed by atoms with Crippen molar-refractivity contribution < 1.29 is 4.52 Å². The van der Waals surface area contributed by atoms with E-state index in [9.17, 15) is 0 Å². The Hall–Kier alpha value is -1.40. The van der Waals surface area contributed by atoms with E-state index in [-0.39, 0.29) is 0 Å². The summed E-state index contributed by atoms with van der Waals surface area (Å²) in [6.07, 6.45) is 0.777. The molecule has 0 amide bonds. The standard InChI is InChI=1S/C14H19BrN4O/c1-3-19(4-2)9-8-12-17-14(20-18-12)10-6-5-7-11(15)13(10)16/h5-7H,3-4,8-9,16H2,1-2H3. The van der Waals surface area contributed by atoms with Gasteiger partial charge in [0.25, 0.3) is 5.89 Å². The molecular formula is C14H19BrN4O. The van der Waals surface area contributed by atoms with Crippen LogP contribution in [-0.2, 0) is 6.42 Å². The quantitative estimate of drug-likeness (QED) is 0.820. The highest BCUT2D eigenvalue weighted by molar-refractivity contribution is 9.10. The fourth-order valence-electron chi connectivity index (χ4n) is 1.99. The summed E-state index contributed by atoms with van der Waals surface area (Å²) >= 11 is 3.40. The first kappa shape index (κ1) is 15.0. The van der Waals surface area contributed by atoms with Gasteiger partial charge < -0.3 is 15.2 Å². The summed E-state index contributed by atoms with van der Waals surface area (Å²) in [5.41, 5.74) is 7.39. The van der Waals surface area contributed by atoms with Crippen LogP contribution in [0.2, 0.25) is 0 Å². The molecular weight excluding hydrogens is 320 g/mol. The van der Waals surface area contributed by atoms with Crippen LogP contribution in [0.4, 0.5) is 5.69 Å². The molecule has 0 radical (unpaired) electrons. The lowest BCUT2D eigenvalue weighted by Crippen LogP contribution is -2.25. The van der Waals surface area contributed by atoms with Crippen molar-refractivity contribution in [1.29, 1.82) is 0 Å². The first-order valence-corrected chi connectivity index (χ1v) is 7.54. The van der Waals surface area contributed by atoms with Crippen molar-refractivity contribution in [2.24, 2.45) is 0 Å². The number of nitrogens with zero attached hydrogens (tertiary/aromatic N) is 3. The Balaban J connectivity index is 2.11. The number of nitrogens with two attached hydrogens (primary N) is 1. The number of rotatable bonds is 6. The molecule has 20 heavy (non-hydrogen) atoms. The van der Waals surface area contributed by atoms with Gasteiger partial charge in [0.15, 0.2) is 5.82 Å². The molecule has 0 aliphatic heterocycles. The van der Waals surface area contributed by atoms with Crippen LogP contribution < -0.4 is 5.73 Å². The number of nitrogen functional groups attached to an aromatic ring is 1. The molecule has 2 aromatic rings. The molecule has 1 aromatic heterocycles. The average Bonchev–Trinajstić information content (AvgIpc) is 2.92. The van der Waals surface area contributed by atoms with E-state index in [1.165, 1.54) is 0 Å². The predicted octanol–water partition coefficient (Wildman–Crippen LogP) is 2.97. The van der Waals surface area contributed by atoms with Crippen molar-refractivity contribution in [3.05, 3.63) is 28.5 Å². The second kappa shape index (κ2) is 6.85. The SMILES string of the molecule is CCN(CC)CCc1noc(-c2cccc(Br)c2N)n1. The van der Waals surface area contributed by atoms with E-state index < -0.39 is 0 Å². The van der Waals surface area contributed by atoms with Crippen molar-refractivity contribution in [2.75, 3.05) is 25.4 Å². The van der Waals surface area contributed by atoms with E-state index >= 15 is 0 Å². The van der Waals surface area contributed by atoms with E-state index in [2.05, 4.69) is 44.8 Å². The van der Waals surface area contributed by atoms with E-state index in [1.54, 1.807) is 0 Å². The van der Waals surface area contributed by atoms with Crippen LogP contribution >= 0.6 is 15.9 Å². The molecule has 6 heteroatoms. The third-order valence-electron chi connectivity index (χ3n) is 3.30. The van der Waals surface area contributed by atoms with Crippen molar-refractivity contribution in [2.45, 2.75) is 20.3 Å². The molecule has 5 nitrogen and oxygen atoms in total. The minimum absolute atomic E-state index is 0.471. The molecule has 1 aromatic carbocycles. The van der Waals surface area contributed by atoms with Crippen LogP contribution in [0.1, 0.15) is 19.7 Å². The molecule has 0 fully saturated rings. The molecule has 0 aliphatic rings. The molecule has 0 unspecified atom stereocenters. The topological polar surface area (TPSA) is 68.2 Å². The Kier molecular flexibility index (Phi) is 5.14. The van der Waals surface area contributed by atoms with Crippen LogP contribution in [-0.4, -0.2) is 34.7 Å². The number of hydrogen-bond donors (Lipinski definition) is 1. The molecule has 0 saturated carbocycles.